The molecule has 186 valence electrons. The van der Waals surface area contributed by atoms with E-state index in [1.165, 1.54) is 95.3 Å². The number of nitrogens with one attached hydrogen (secondary N) is 2. The zero-order valence-electron chi connectivity index (χ0n) is 20.7. The maximum Gasteiger partial charge on any atom is 0.248 e. The Morgan fingerprint density at radius 1 is 0.735 bits per heavy atom. The monoisotopic (exact) mass is 466 g/mol. The van der Waals surface area contributed by atoms with Gasteiger partial charge >= 0.3 is 0 Å². The van der Waals surface area contributed by atoms with Crippen LogP contribution < -0.4 is 10.6 Å². The first kappa shape index (κ1) is 27.3. The smallest absolute Gasteiger partial charge is 0.248 e. The Morgan fingerprint density at radius 2 is 1.29 bits per heavy atom. The van der Waals surface area contributed by atoms with E-state index in [1.54, 1.807) is 12.1 Å². The molecule has 0 aliphatic heterocycles. The highest BCUT2D eigenvalue weighted by atomic mass is 16.3. The second kappa shape index (κ2) is 16.6. The Hall–Kier alpha value is -2.95. The second-order valence-electron chi connectivity index (χ2n) is 8.96. The van der Waals surface area contributed by atoms with Crippen LogP contribution in [0.2, 0.25) is 0 Å². The highest BCUT2D eigenvalue weighted by Crippen LogP contribution is 2.25. The van der Waals surface area contributed by atoms with Gasteiger partial charge in [-0.1, -0.05) is 83.6 Å². The minimum atomic E-state index is -0.259. The summed E-state index contributed by atoms with van der Waals surface area (Å²) in [5.74, 6) is -0.659. The molecule has 0 fully saturated rings. The molecule has 0 saturated carbocycles. The largest absolute Gasteiger partial charge is 0.504 e. The van der Waals surface area contributed by atoms with Crippen LogP contribution in [-0.2, 0) is 4.79 Å². The molecule has 4 N–H and O–H groups in total. The first-order valence-electron chi connectivity index (χ1n) is 12.9. The summed E-state index contributed by atoms with van der Waals surface area (Å²) in [5.41, 5.74) is 2.40. The van der Waals surface area contributed by atoms with Crippen LogP contribution in [0.4, 0.5) is 11.4 Å². The van der Waals surface area contributed by atoms with Gasteiger partial charge in [0.2, 0.25) is 5.91 Å². The van der Waals surface area contributed by atoms with Crippen molar-refractivity contribution < 1.29 is 15.0 Å². The van der Waals surface area contributed by atoms with Crippen molar-refractivity contribution in [3.8, 4) is 11.5 Å². The Morgan fingerprint density at radius 3 is 1.88 bits per heavy atom. The molecule has 0 atom stereocenters. The zero-order valence-corrected chi connectivity index (χ0v) is 20.7. The van der Waals surface area contributed by atoms with E-state index in [0.717, 1.165) is 17.9 Å². The lowest BCUT2D eigenvalue weighted by Crippen LogP contribution is -2.08. The number of anilines is 2. The number of benzene rings is 2. The minimum absolute atomic E-state index is 0.186. The van der Waals surface area contributed by atoms with Gasteiger partial charge in [-0.15, -0.1) is 0 Å². The number of amides is 1. The molecule has 0 aromatic heterocycles. The van der Waals surface area contributed by atoms with E-state index in [1.807, 2.05) is 24.3 Å². The third-order valence-electron chi connectivity index (χ3n) is 5.94. The fraction of sp³-hybridized carbons (Fsp3) is 0.483. The highest BCUT2D eigenvalue weighted by Gasteiger charge is 2.01. The van der Waals surface area contributed by atoms with Gasteiger partial charge in [0, 0.05) is 24.0 Å². The van der Waals surface area contributed by atoms with Crippen LogP contribution in [-0.4, -0.2) is 22.7 Å². The van der Waals surface area contributed by atoms with Crippen molar-refractivity contribution in [3.63, 3.8) is 0 Å². The molecular formula is C29H42N2O3. The van der Waals surface area contributed by atoms with E-state index in [0.29, 0.717) is 5.56 Å². The van der Waals surface area contributed by atoms with Crippen molar-refractivity contribution in [1.29, 1.82) is 0 Å². The molecule has 2 aromatic rings. The highest BCUT2D eigenvalue weighted by molar-refractivity contribution is 6.02. The molecule has 1 amide bonds. The molecule has 5 heteroatoms. The van der Waals surface area contributed by atoms with E-state index < -0.39 is 0 Å². The average molecular weight is 467 g/mol. The Balaban J connectivity index is 1.53. The van der Waals surface area contributed by atoms with Crippen LogP contribution in [0.15, 0.2) is 48.5 Å². The van der Waals surface area contributed by atoms with Gasteiger partial charge in [0.25, 0.3) is 0 Å². The second-order valence-corrected chi connectivity index (χ2v) is 8.96. The molecule has 0 saturated heterocycles. The number of phenolic OH excluding ortho intramolecular Hbond substituents is 2. The predicted molar refractivity (Wildman–Crippen MR) is 143 cm³/mol. The predicted octanol–water partition coefficient (Wildman–Crippen LogP) is 7.86. The quantitative estimate of drug-likeness (QED) is 0.109. The summed E-state index contributed by atoms with van der Waals surface area (Å²) >= 11 is 0. The summed E-state index contributed by atoms with van der Waals surface area (Å²) in [6.07, 6.45) is 19.2. The zero-order chi connectivity index (χ0) is 24.4. The molecule has 2 aromatic carbocycles. The molecular weight excluding hydrogens is 424 g/mol. The lowest BCUT2D eigenvalue weighted by atomic mass is 10.1. The summed E-state index contributed by atoms with van der Waals surface area (Å²) in [6, 6.07) is 12.1. The van der Waals surface area contributed by atoms with Crippen molar-refractivity contribution >= 4 is 23.4 Å². The van der Waals surface area contributed by atoms with Gasteiger partial charge < -0.3 is 20.8 Å². The summed E-state index contributed by atoms with van der Waals surface area (Å²) < 4.78 is 0. The van der Waals surface area contributed by atoms with Crippen molar-refractivity contribution in [2.45, 2.75) is 84.0 Å². The van der Waals surface area contributed by atoms with Crippen LogP contribution in [0, 0.1) is 0 Å². The molecule has 0 spiro atoms. The molecule has 0 heterocycles. The van der Waals surface area contributed by atoms with Crippen LogP contribution in [0.25, 0.3) is 6.08 Å². The molecule has 0 bridgehead atoms. The first-order valence-corrected chi connectivity index (χ1v) is 12.9. The topological polar surface area (TPSA) is 81.6 Å². The van der Waals surface area contributed by atoms with Gasteiger partial charge in [-0.2, -0.15) is 0 Å². The number of hydrogen-bond donors (Lipinski definition) is 4. The Labute approximate surface area is 205 Å². The average Bonchev–Trinajstić information content (AvgIpc) is 2.84. The summed E-state index contributed by atoms with van der Waals surface area (Å²) in [6.45, 7) is 3.23. The fourth-order valence-corrected chi connectivity index (χ4v) is 3.87. The molecule has 2 rings (SSSR count). The maximum absolute atomic E-state index is 12.1. The van der Waals surface area contributed by atoms with E-state index in [2.05, 4.69) is 17.6 Å². The number of carbonyl (C=O) groups excluding carboxylic acids is 1. The standard InChI is InChI=1S/C29H42N2O3/c1-2-3-4-5-6-7-8-9-10-11-12-13-22-30-25-16-18-26(19-17-25)31-29(34)21-15-24-14-20-27(32)28(33)23-24/h14-21,23,30,32-33H,2-13,22H2,1H3,(H,31,34). The van der Waals surface area contributed by atoms with E-state index >= 15 is 0 Å². The molecule has 5 nitrogen and oxygen atoms in total. The summed E-state index contributed by atoms with van der Waals surface area (Å²) in [7, 11) is 0. The third kappa shape index (κ3) is 11.8. The number of phenols is 2. The molecule has 0 radical (unpaired) electrons. The summed E-state index contributed by atoms with van der Waals surface area (Å²) in [4.78, 5) is 12.1. The summed E-state index contributed by atoms with van der Waals surface area (Å²) in [5, 5.41) is 25.1. The minimum Gasteiger partial charge on any atom is -0.504 e. The Bertz CT molecular complexity index is 862. The number of hydrogen-bond acceptors (Lipinski definition) is 4. The molecule has 0 aliphatic carbocycles. The number of carbonyl (C=O) groups is 1. The van der Waals surface area contributed by atoms with Crippen molar-refractivity contribution in [1.82, 2.24) is 0 Å². The number of unbranched alkanes of at least 4 members (excludes halogenated alkanes) is 11. The SMILES string of the molecule is CCCCCCCCCCCCCCNc1ccc(NC(=O)C=Cc2ccc(O)c(O)c2)cc1. The molecule has 34 heavy (non-hydrogen) atoms. The normalized spacial score (nSPS) is 11.1. The van der Waals surface area contributed by atoms with E-state index in [-0.39, 0.29) is 17.4 Å². The number of rotatable bonds is 17. The Kier molecular flexibility index (Phi) is 13.4. The lowest BCUT2D eigenvalue weighted by Gasteiger charge is -2.08. The van der Waals surface area contributed by atoms with Crippen LogP contribution in [0.5, 0.6) is 11.5 Å². The molecule has 0 aliphatic rings. The third-order valence-corrected chi connectivity index (χ3v) is 5.94. The van der Waals surface area contributed by atoms with Gasteiger partial charge in [0.1, 0.15) is 0 Å². The van der Waals surface area contributed by atoms with Gasteiger partial charge in [0.15, 0.2) is 11.5 Å². The molecule has 0 unspecified atom stereocenters. The van der Waals surface area contributed by atoms with E-state index in [9.17, 15) is 15.0 Å². The van der Waals surface area contributed by atoms with E-state index in [4.69, 9.17) is 0 Å². The van der Waals surface area contributed by atoms with Crippen LogP contribution in [0.1, 0.15) is 89.5 Å². The van der Waals surface area contributed by atoms with Crippen molar-refractivity contribution in [2.75, 3.05) is 17.2 Å². The van der Waals surface area contributed by atoms with Gasteiger partial charge in [-0.05, 0) is 54.5 Å². The van der Waals surface area contributed by atoms with Gasteiger partial charge in [-0.3, -0.25) is 4.79 Å². The number of aromatic hydroxyl groups is 2. The maximum atomic E-state index is 12.1. The van der Waals surface area contributed by atoms with Crippen LogP contribution in [0.3, 0.4) is 0 Å². The fourth-order valence-electron chi connectivity index (χ4n) is 3.87. The first-order chi connectivity index (χ1) is 16.6. The van der Waals surface area contributed by atoms with Crippen molar-refractivity contribution in [3.05, 3.63) is 54.1 Å². The van der Waals surface area contributed by atoms with Gasteiger partial charge in [-0.25, -0.2) is 0 Å². The van der Waals surface area contributed by atoms with Gasteiger partial charge in [0.05, 0.1) is 0 Å². The lowest BCUT2D eigenvalue weighted by molar-refractivity contribution is -0.111. The van der Waals surface area contributed by atoms with Crippen LogP contribution >= 0.6 is 0 Å². The van der Waals surface area contributed by atoms with Crippen molar-refractivity contribution in [2.24, 2.45) is 0 Å².